The zero-order valence-electron chi connectivity index (χ0n) is 11.1. The number of rotatable bonds is 6. The summed E-state index contributed by atoms with van der Waals surface area (Å²) in [6, 6.07) is -0.561. The van der Waals surface area contributed by atoms with Gasteiger partial charge in [-0.25, -0.2) is 13.1 Å². The number of nitrogens with one attached hydrogen (secondary N) is 1. The molecule has 110 valence electrons. The summed E-state index contributed by atoms with van der Waals surface area (Å²) in [5.74, 6) is 0.566. The Morgan fingerprint density at radius 1 is 1.26 bits per heavy atom. The fraction of sp³-hybridized carbons (Fsp3) is 0.917. The van der Waals surface area contributed by atoms with Crippen molar-refractivity contribution in [3.63, 3.8) is 0 Å². The maximum atomic E-state index is 12.1. The lowest BCUT2D eigenvalue weighted by Gasteiger charge is -2.29. The van der Waals surface area contributed by atoms with Crippen LogP contribution in [0.2, 0.25) is 0 Å². The summed E-state index contributed by atoms with van der Waals surface area (Å²) in [4.78, 5) is 0. The number of amidine groups is 1. The lowest BCUT2D eigenvalue weighted by molar-refractivity contribution is 0.297. The van der Waals surface area contributed by atoms with Crippen LogP contribution in [-0.2, 0) is 10.0 Å². The summed E-state index contributed by atoms with van der Waals surface area (Å²) in [7, 11) is -3.34. The molecule has 0 saturated heterocycles. The van der Waals surface area contributed by atoms with E-state index in [1.165, 1.54) is 6.42 Å². The first-order chi connectivity index (χ1) is 9.02. The van der Waals surface area contributed by atoms with Gasteiger partial charge >= 0.3 is 0 Å². The highest BCUT2D eigenvalue weighted by atomic mass is 32.2. The highest BCUT2D eigenvalue weighted by molar-refractivity contribution is 7.89. The third kappa shape index (κ3) is 4.35. The van der Waals surface area contributed by atoms with E-state index in [0.29, 0.717) is 0 Å². The van der Waals surface area contributed by atoms with E-state index in [1.807, 2.05) is 0 Å². The first-order valence-electron chi connectivity index (χ1n) is 6.99. The number of hydrogen-bond acceptors (Lipinski definition) is 4. The van der Waals surface area contributed by atoms with Gasteiger partial charge in [-0.05, 0) is 37.5 Å². The molecule has 19 heavy (non-hydrogen) atoms. The van der Waals surface area contributed by atoms with Crippen molar-refractivity contribution in [2.75, 3.05) is 5.75 Å². The van der Waals surface area contributed by atoms with E-state index >= 15 is 0 Å². The largest absolute Gasteiger partial charge is 0.409 e. The maximum Gasteiger partial charge on any atom is 0.212 e. The van der Waals surface area contributed by atoms with Gasteiger partial charge < -0.3 is 10.9 Å². The van der Waals surface area contributed by atoms with Gasteiger partial charge in [-0.1, -0.05) is 24.4 Å². The van der Waals surface area contributed by atoms with Gasteiger partial charge in [0.05, 0.1) is 11.8 Å². The molecule has 2 aliphatic carbocycles. The molecule has 0 bridgehead atoms. The van der Waals surface area contributed by atoms with E-state index in [1.54, 1.807) is 0 Å². The van der Waals surface area contributed by atoms with Crippen molar-refractivity contribution in [3.8, 4) is 0 Å². The van der Waals surface area contributed by atoms with Gasteiger partial charge in [0.2, 0.25) is 10.0 Å². The zero-order chi connectivity index (χ0) is 13.9. The fourth-order valence-corrected chi connectivity index (χ4v) is 4.51. The standard InChI is InChI=1S/C12H23N3O3S/c13-12(14-16)11(10-4-2-1-3-5-10)15-19(17,18)8-9-6-7-9/h9-11,15-16H,1-8H2,(H2,13,14). The van der Waals surface area contributed by atoms with Crippen molar-refractivity contribution < 1.29 is 13.6 Å². The minimum Gasteiger partial charge on any atom is -0.409 e. The Labute approximate surface area is 114 Å². The van der Waals surface area contributed by atoms with E-state index in [4.69, 9.17) is 10.9 Å². The Morgan fingerprint density at radius 3 is 2.42 bits per heavy atom. The number of sulfonamides is 1. The van der Waals surface area contributed by atoms with E-state index in [-0.39, 0.29) is 23.4 Å². The summed E-state index contributed by atoms with van der Waals surface area (Å²) in [6.45, 7) is 0. The topological polar surface area (TPSA) is 105 Å². The maximum absolute atomic E-state index is 12.1. The Bertz CT molecular complexity index is 426. The highest BCUT2D eigenvalue weighted by Crippen LogP contribution is 2.31. The van der Waals surface area contributed by atoms with E-state index in [0.717, 1.165) is 38.5 Å². The molecule has 7 heteroatoms. The van der Waals surface area contributed by atoms with Crippen LogP contribution in [0.4, 0.5) is 0 Å². The third-order valence-corrected chi connectivity index (χ3v) is 5.54. The predicted molar refractivity (Wildman–Crippen MR) is 73.4 cm³/mol. The summed E-state index contributed by atoms with van der Waals surface area (Å²) in [5, 5.41) is 11.9. The average Bonchev–Trinajstić information content (AvgIpc) is 3.19. The molecule has 0 aromatic rings. The highest BCUT2D eigenvalue weighted by Gasteiger charge is 2.34. The Morgan fingerprint density at radius 2 is 1.89 bits per heavy atom. The van der Waals surface area contributed by atoms with Crippen LogP contribution in [0, 0.1) is 11.8 Å². The van der Waals surface area contributed by atoms with E-state index in [2.05, 4.69) is 9.88 Å². The SMILES string of the molecule is NC(=NO)C(NS(=O)(=O)CC1CC1)C1CCCCC1. The van der Waals surface area contributed by atoms with Crippen LogP contribution < -0.4 is 10.5 Å². The van der Waals surface area contributed by atoms with Crippen LogP contribution in [0.15, 0.2) is 5.16 Å². The molecule has 1 atom stereocenters. The molecule has 2 rings (SSSR count). The smallest absolute Gasteiger partial charge is 0.212 e. The van der Waals surface area contributed by atoms with Crippen molar-refractivity contribution in [2.24, 2.45) is 22.7 Å². The van der Waals surface area contributed by atoms with Gasteiger partial charge in [0.25, 0.3) is 0 Å². The summed E-state index contributed by atoms with van der Waals surface area (Å²) in [6.07, 6.45) is 7.14. The first-order valence-corrected chi connectivity index (χ1v) is 8.64. The molecule has 2 saturated carbocycles. The predicted octanol–water partition coefficient (Wildman–Crippen LogP) is 1.01. The second kappa shape index (κ2) is 6.09. The van der Waals surface area contributed by atoms with Gasteiger partial charge in [0.15, 0.2) is 5.84 Å². The Hall–Kier alpha value is -0.820. The number of nitrogens with two attached hydrogens (primary N) is 1. The summed E-state index contributed by atoms with van der Waals surface area (Å²) in [5.41, 5.74) is 5.67. The van der Waals surface area contributed by atoms with Gasteiger partial charge in [0, 0.05) is 0 Å². The monoisotopic (exact) mass is 289 g/mol. The lowest BCUT2D eigenvalue weighted by Crippen LogP contribution is -2.50. The molecular formula is C12H23N3O3S. The van der Waals surface area contributed by atoms with Crippen LogP contribution in [0.1, 0.15) is 44.9 Å². The normalized spacial score (nSPS) is 24.3. The van der Waals surface area contributed by atoms with Gasteiger partial charge in [-0.2, -0.15) is 0 Å². The Balaban J connectivity index is 2.04. The zero-order valence-corrected chi connectivity index (χ0v) is 11.9. The summed E-state index contributed by atoms with van der Waals surface area (Å²) >= 11 is 0. The van der Waals surface area contributed by atoms with Crippen LogP contribution in [0.25, 0.3) is 0 Å². The quantitative estimate of drug-likeness (QED) is 0.294. The molecule has 0 aliphatic heterocycles. The van der Waals surface area contributed by atoms with Crippen molar-refractivity contribution in [3.05, 3.63) is 0 Å². The molecule has 0 aromatic carbocycles. The second-order valence-electron chi connectivity index (χ2n) is 5.74. The molecule has 0 aromatic heterocycles. The molecular weight excluding hydrogens is 266 g/mol. The van der Waals surface area contributed by atoms with Crippen LogP contribution >= 0.6 is 0 Å². The van der Waals surface area contributed by atoms with E-state index < -0.39 is 16.1 Å². The number of oxime groups is 1. The van der Waals surface area contributed by atoms with Crippen LogP contribution in [-0.4, -0.2) is 31.3 Å². The minimum atomic E-state index is -3.34. The lowest BCUT2D eigenvalue weighted by atomic mass is 9.84. The molecule has 0 heterocycles. The third-order valence-electron chi connectivity index (χ3n) is 4.01. The first kappa shape index (κ1) is 14.6. The second-order valence-corrected chi connectivity index (χ2v) is 7.54. The van der Waals surface area contributed by atoms with Crippen LogP contribution in [0.3, 0.4) is 0 Å². The van der Waals surface area contributed by atoms with Crippen LogP contribution in [0.5, 0.6) is 0 Å². The number of nitrogens with zero attached hydrogens (tertiary/aromatic N) is 1. The summed E-state index contributed by atoms with van der Waals surface area (Å²) < 4.78 is 26.7. The van der Waals surface area contributed by atoms with E-state index in [9.17, 15) is 8.42 Å². The van der Waals surface area contributed by atoms with Crippen molar-refractivity contribution in [2.45, 2.75) is 51.0 Å². The molecule has 1 unspecified atom stereocenters. The average molecular weight is 289 g/mol. The Kier molecular flexibility index (Phi) is 4.67. The number of hydrogen-bond donors (Lipinski definition) is 3. The van der Waals surface area contributed by atoms with Crippen molar-refractivity contribution in [1.29, 1.82) is 0 Å². The molecule has 2 fully saturated rings. The molecule has 6 nitrogen and oxygen atoms in total. The molecule has 0 radical (unpaired) electrons. The van der Waals surface area contributed by atoms with Gasteiger partial charge in [0.1, 0.15) is 0 Å². The minimum absolute atomic E-state index is 0.0220. The van der Waals surface area contributed by atoms with Crippen molar-refractivity contribution in [1.82, 2.24) is 4.72 Å². The van der Waals surface area contributed by atoms with Crippen molar-refractivity contribution >= 4 is 15.9 Å². The fourth-order valence-electron chi connectivity index (χ4n) is 2.76. The van der Waals surface area contributed by atoms with Gasteiger partial charge in [-0.3, -0.25) is 0 Å². The molecule has 2 aliphatic rings. The molecule has 0 spiro atoms. The molecule has 0 amide bonds. The van der Waals surface area contributed by atoms with Gasteiger partial charge in [-0.15, -0.1) is 0 Å². The molecule has 4 N–H and O–H groups in total.